The van der Waals surface area contributed by atoms with E-state index in [4.69, 9.17) is 9.47 Å². The third kappa shape index (κ3) is 2.75. The molecule has 0 aliphatic carbocycles. The van der Waals surface area contributed by atoms with Gasteiger partial charge in [-0.3, -0.25) is 4.90 Å². The Bertz CT molecular complexity index is 349. The van der Waals surface area contributed by atoms with Crippen LogP contribution in [0.3, 0.4) is 0 Å². The van der Waals surface area contributed by atoms with Gasteiger partial charge in [0.1, 0.15) is 17.4 Å². The maximum Gasteiger partial charge on any atom is 0.413 e. The number of carbonyl (C=O) groups excluding carboxylic acids is 1. The number of nitrogens with zero attached hydrogens (tertiary/aromatic N) is 1. The highest BCUT2D eigenvalue weighted by Gasteiger charge is 2.52. The second kappa shape index (κ2) is 4.76. The zero-order chi connectivity index (χ0) is 14.1. The van der Waals surface area contributed by atoms with Crippen molar-refractivity contribution >= 4 is 12.1 Å². The van der Waals surface area contributed by atoms with Crippen molar-refractivity contribution in [3.63, 3.8) is 0 Å². The molecule has 0 spiro atoms. The molecule has 0 bridgehead atoms. The van der Waals surface area contributed by atoms with Gasteiger partial charge in [-0.25, -0.2) is 9.59 Å². The molecule has 1 rings (SSSR count). The van der Waals surface area contributed by atoms with Crippen molar-refractivity contribution in [1.29, 1.82) is 0 Å². The third-order valence-electron chi connectivity index (χ3n) is 3.02. The fourth-order valence-electron chi connectivity index (χ4n) is 2.04. The van der Waals surface area contributed by atoms with Crippen LogP contribution in [0.5, 0.6) is 0 Å². The first-order valence-electron chi connectivity index (χ1n) is 5.90. The Hall–Kier alpha value is -1.30. The number of hydrogen-bond acceptors (Lipinski definition) is 4. The molecule has 1 heterocycles. The summed E-state index contributed by atoms with van der Waals surface area (Å²) in [6.45, 7) is 6.72. The summed E-state index contributed by atoms with van der Waals surface area (Å²) in [7, 11) is 1.45. The van der Waals surface area contributed by atoms with E-state index in [1.165, 1.54) is 18.9 Å². The van der Waals surface area contributed by atoms with Gasteiger partial charge in [-0.05, 0) is 40.5 Å². The monoisotopic (exact) mass is 259 g/mol. The largest absolute Gasteiger partial charge is 0.480 e. The number of carboxylic acids is 1. The minimum atomic E-state index is -1.27. The van der Waals surface area contributed by atoms with Crippen molar-refractivity contribution in [3.05, 3.63) is 0 Å². The van der Waals surface area contributed by atoms with Crippen LogP contribution < -0.4 is 0 Å². The zero-order valence-electron chi connectivity index (χ0n) is 11.5. The minimum absolute atomic E-state index is 0.347. The van der Waals surface area contributed by atoms with Gasteiger partial charge in [0.25, 0.3) is 0 Å². The average molecular weight is 259 g/mol. The van der Waals surface area contributed by atoms with Crippen LogP contribution in [0, 0.1) is 0 Å². The molecule has 1 unspecified atom stereocenters. The number of carbonyl (C=O) groups is 2. The van der Waals surface area contributed by atoms with Gasteiger partial charge in [-0.1, -0.05) is 0 Å². The zero-order valence-corrected chi connectivity index (χ0v) is 11.5. The maximum absolute atomic E-state index is 12.1. The summed E-state index contributed by atoms with van der Waals surface area (Å²) in [5, 5.41) is 9.30. The summed E-state index contributed by atoms with van der Waals surface area (Å²) < 4.78 is 10.4. The number of rotatable bonds is 2. The molecule has 0 aromatic carbocycles. The molecule has 6 nitrogen and oxygen atoms in total. The molecule has 18 heavy (non-hydrogen) atoms. The normalized spacial score (nSPS) is 28.3. The number of carboxylic acid groups (broad SMARTS) is 1. The standard InChI is InChI=1S/C12H21NO5/c1-11(2,3)18-10(16)13-8(17-5)6-7-12(13,4)9(14)15/h8H,6-7H2,1-5H3,(H,14,15)/t8?,12-/m0/s1. The molecule has 0 aromatic rings. The fourth-order valence-corrected chi connectivity index (χ4v) is 2.04. The number of amides is 1. The lowest BCUT2D eigenvalue weighted by molar-refractivity contribution is -0.152. The van der Waals surface area contributed by atoms with Crippen LogP contribution in [0.4, 0.5) is 4.79 Å². The molecule has 1 amide bonds. The Kier molecular flexibility index (Phi) is 3.90. The van der Waals surface area contributed by atoms with Crippen LogP contribution in [-0.4, -0.2) is 46.5 Å². The van der Waals surface area contributed by atoms with Crippen LogP contribution in [0.15, 0.2) is 0 Å². The molecule has 1 saturated heterocycles. The van der Waals surface area contributed by atoms with Crippen LogP contribution in [-0.2, 0) is 14.3 Å². The van der Waals surface area contributed by atoms with Gasteiger partial charge in [-0.15, -0.1) is 0 Å². The van der Waals surface area contributed by atoms with Crippen LogP contribution >= 0.6 is 0 Å². The Balaban J connectivity index is 2.99. The molecule has 0 radical (unpaired) electrons. The van der Waals surface area contributed by atoms with Gasteiger partial charge in [0.05, 0.1) is 0 Å². The first kappa shape index (κ1) is 14.8. The molecule has 1 aliphatic rings. The molecular formula is C12H21NO5. The maximum atomic E-state index is 12.1. The molecule has 6 heteroatoms. The first-order chi connectivity index (χ1) is 8.12. The number of likely N-dealkylation sites (tertiary alicyclic amines) is 1. The first-order valence-corrected chi connectivity index (χ1v) is 5.90. The second-order valence-corrected chi connectivity index (χ2v) is 5.66. The molecule has 0 aromatic heterocycles. The quantitative estimate of drug-likeness (QED) is 0.818. The molecule has 0 saturated carbocycles. The van der Waals surface area contributed by atoms with Gasteiger partial charge < -0.3 is 14.6 Å². The highest BCUT2D eigenvalue weighted by atomic mass is 16.6. The van der Waals surface area contributed by atoms with Gasteiger partial charge >= 0.3 is 12.1 Å². The lowest BCUT2D eigenvalue weighted by atomic mass is 10.00. The summed E-state index contributed by atoms with van der Waals surface area (Å²) >= 11 is 0. The van der Waals surface area contributed by atoms with Crippen molar-refractivity contribution in [1.82, 2.24) is 4.90 Å². The summed E-state index contributed by atoms with van der Waals surface area (Å²) in [4.78, 5) is 24.7. The molecular weight excluding hydrogens is 238 g/mol. The van der Waals surface area contributed by atoms with Crippen molar-refractivity contribution in [2.75, 3.05) is 7.11 Å². The predicted octanol–water partition coefficient (Wildman–Crippen LogP) is 1.83. The Morgan fingerprint density at radius 2 is 1.94 bits per heavy atom. The highest BCUT2D eigenvalue weighted by Crippen LogP contribution is 2.35. The van der Waals surface area contributed by atoms with Crippen molar-refractivity contribution in [2.24, 2.45) is 0 Å². The average Bonchev–Trinajstić information content (AvgIpc) is 2.54. The van der Waals surface area contributed by atoms with Crippen molar-refractivity contribution < 1.29 is 24.2 Å². The van der Waals surface area contributed by atoms with Crippen molar-refractivity contribution in [3.8, 4) is 0 Å². The van der Waals surface area contributed by atoms with Crippen LogP contribution in [0.1, 0.15) is 40.5 Å². The van der Waals surface area contributed by atoms with Gasteiger partial charge in [-0.2, -0.15) is 0 Å². The van der Waals surface area contributed by atoms with E-state index >= 15 is 0 Å². The molecule has 1 fully saturated rings. The van der Waals surface area contributed by atoms with Crippen LogP contribution in [0.2, 0.25) is 0 Å². The summed E-state index contributed by atoms with van der Waals surface area (Å²) in [6.07, 6.45) is -0.378. The fraction of sp³-hybridized carbons (Fsp3) is 0.833. The van der Waals surface area contributed by atoms with E-state index in [0.29, 0.717) is 12.8 Å². The van der Waals surface area contributed by atoms with E-state index in [2.05, 4.69) is 0 Å². The molecule has 1 N–H and O–H groups in total. The van der Waals surface area contributed by atoms with E-state index < -0.39 is 29.4 Å². The van der Waals surface area contributed by atoms with Gasteiger partial charge in [0.2, 0.25) is 0 Å². The van der Waals surface area contributed by atoms with E-state index in [1.807, 2.05) is 0 Å². The smallest absolute Gasteiger partial charge is 0.413 e. The summed E-state index contributed by atoms with van der Waals surface area (Å²) in [6, 6.07) is 0. The SMILES string of the molecule is COC1CC[C@@](C)(C(=O)O)N1C(=O)OC(C)(C)C. The number of aliphatic carboxylic acids is 1. The van der Waals surface area contributed by atoms with Gasteiger partial charge in [0, 0.05) is 7.11 Å². The molecule has 104 valence electrons. The lowest BCUT2D eigenvalue weighted by Gasteiger charge is -2.35. The Morgan fingerprint density at radius 3 is 2.33 bits per heavy atom. The minimum Gasteiger partial charge on any atom is -0.480 e. The van der Waals surface area contributed by atoms with E-state index in [1.54, 1.807) is 20.8 Å². The van der Waals surface area contributed by atoms with Gasteiger partial charge in [0.15, 0.2) is 0 Å². The van der Waals surface area contributed by atoms with E-state index in [0.717, 1.165) is 0 Å². The van der Waals surface area contributed by atoms with E-state index in [9.17, 15) is 14.7 Å². The third-order valence-corrected chi connectivity index (χ3v) is 3.02. The topological polar surface area (TPSA) is 76.1 Å². The van der Waals surface area contributed by atoms with E-state index in [-0.39, 0.29) is 0 Å². The molecule has 1 aliphatic heterocycles. The van der Waals surface area contributed by atoms with Crippen molar-refractivity contribution in [2.45, 2.75) is 57.9 Å². The summed E-state index contributed by atoms with van der Waals surface area (Å²) in [5.41, 5.74) is -1.94. The van der Waals surface area contributed by atoms with Crippen LogP contribution in [0.25, 0.3) is 0 Å². The summed E-state index contributed by atoms with van der Waals surface area (Å²) in [5.74, 6) is -1.05. The Morgan fingerprint density at radius 1 is 1.39 bits per heavy atom. The number of methoxy groups -OCH3 is 1. The second-order valence-electron chi connectivity index (χ2n) is 5.66. The number of ether oxygens (including phenoxy) is 2. The number of hydrogen-bond donors (Lipinski definition) is 1. The predicted molar refractivity (Wildman–Crippen MR) is 64.1 cm³/mol. The lowest BCUT2D eigenvalue weighted by Crippen LogP contribution is -2.55. The molecule has 2 atom stereocenters. The Labute approximate surface area is 107 Å². The highest BCUT2D eigenvalue weighted by molar-refractivity contribution is 5.85.